The Morgan fingerprint density at radius 3 is 2.41 bits per heavy atom. The van der Waals surface area contributed by atoms with Crippen LogP contribution in [-0.4, -0.2) is 39.5 Å². The third kappa shape index (κ3) is 5.41. The second kappa shape index (κ2) is 7.85. The van der Waals surface area contributed by atoms with Gasteiger partial charge in [0.25, 0.3) is 5.91 Å². The van der Waals surface area contributed by atoms with Gasteiger partial charge in [-0.15, -0.1) is 0 Å². The van der Waals surface area contributed by atoms with Crippen LogP contribution in [0.2, 0.25) is 0 Å². The van der Waals surface area contributed by atoms with Gasteiger partial charge in [0.2, 0.25) is 10.0 Å². The maximum absolute atomic E-state index is 12.7. The monoisotopic (exact) mass is 332 g/mol. The number of benzene rings is 1. The number of ether oxygens (including phenoxy) is 1. The number of carbonyl (C=O) groups excluding carboxylic acids is 2. The lowest BCUT2D eigenvalue weighted by Crippen LogP contribution is -2.38. The van der Waals surface area contributed by atoms with Crippen molar-refractivity contribution in [2.45, 2.75) is 24.8 Å². The largest absolute Gasteiger partial charge is 0.452 e. The Labute approximate surface area is 127 Å². The van der Waals surface area contributed by atoms with Crippen molar-refractivity contribution < 1.29 is 27.1 Å². The molecule has 22 heavy (non-hydrogen) atoms. The molecule has 0 fully saturated rings. The van der Waals surface area contributed by atoms with Crippen LogP contribution in [0.3, 0.4) is 0 Å². The van der Waals surface area contributed by atoms with E-state index in [1.54, 1.807) is 6.92 Å². The number of rotatable bonds is 7. The highest BCUT2D eigenvalue weighted by Gasteiger charge is 2.20. The van der Waals surface area contributed by atoms with Crippen molar-refractivity contribution in [3.8, 4) is 0 Å². The van der Waals surface area contributed by atoms with Crippen molar-refractivity contribution in [1.82, 2.24) is 10.0 Å². The highest BCUT2D eigenvalue weighted by atomic mass is 32.2. The first-order valence-corrected chi connectivity index (χ1v) is 7.97. The molecule has 1 rings (SSSR count). The molecule has 0 aromatic heterocycles. The molecule has 2 N–H and O–H groups in total. The SMILES string of the molecule is CCNC(=O)[C@@H](C)OC(=O)CNS(=O)(=O)c1ccc(F)cc1. The molecular formula is C13H17FN2O5S. The molecule has 7 nitrogen and oxygen atoms in total. The first kappa shape index (κ1) is 18.1. The molecule has 0 aliphatic heterocycles. The Morgan fingerprint density at radius 1 is 1.27 bits per heavy atom. The Bertz CT molecular complexity index is 630. The lowest BCUT2D eigenvalue weighted by molar-refractivity contribution is -0.153. The van der Waals surface area contributed by atoms with Crippen molar-refractivity contribution >= 4 is 21.9 Å². The van der Waals surface area contributed by atoms with E-state index in [1.807, 2.05) is 4.72 Å². The summed E-state index contributed by atoms with van der Waals surface area (Å²) in [6, 6.07) is 4.12. The Balaban J connectivity index is 2.56. The normalized spacial score (nSPS) is 12.5. The van der Waals surface area contributed by atoms with Crippen LogP contribution in [0.5, 0.6) is 0 Å². The Hall–Kier alpha value is -2.00. The van der Waals surface area contributed by atoms with Gasteiger partial charge in [0.1, 0.15) is 12.4 Å². The number of hydrogen-bond acceptors (Lipinski definition) is 5. The molecule has 0 saturated heterocycles. The van der Waals surface area contributed by atoms with Crippen LogP contribution in [-0.2, 0) is 24.3 Å². The van der Waals surface area contributed by atoms with Crippen molar-refractivity contribution in [1.29, 1.82) is 0 Å². The van der Waals surface area contributed by atoms with Crippen molar-refractivity contribution in [2.24, 2.45) is 0 Å². The summed E-state index contributed by atoms with van der Waals surface area (Å²) < 4.78 is 43.2. The van der Waals surface area contributed by atoms with E-state index in [9.17, 15) is 22.4 Å². The Kier molecular flexibility index (Phi) is 6.44. The highest BCUT2D eigenvalue weighted by molar-refractivity contribution is 7.89. The van der Waals surface area contributed by atoms with Gasteiger partial charge in [0.15, 0.2) is 6.10 Å². The fourth-order valence-corrected chi connectivity index (χ4v) is 2.43. The van der Waals surface area contributed by atoms with Crippen LogP contribution in [0.25, 0.3) is 0 Å². The number of hydrogen-bond donors (Lipinski definition) is 2. The van der Waals surface area contributed by atoms with Gasteiger partial charge < -0.3 is 10.1 Å². The van der Waals surface area contributed by atoms with Gasteiger partial charge in [-0.2, -0.15) is 4.72 Å². The third-order valence-electron chi connectivity index (χ3n) is 2.56. The summed E-state index contributed by atoms with van der Waals surface area (Å²) in [7, 11) is -3.96. The minimum atomic E-state index is -3.96. The second-order valence-corrected chi connectivity index (χ2v) is 6.07. The molecule has 0 heterocycles. The molecule has 0 spiro atoms. The molecule has 1 amide bonds. The zero-order chi connectivity index (χ0) is 16.8. The van der Waals surface area contributed by atoms with Gasteiger partial charge in [-0.25, -0.2) is 12.8 Å². The topological polar surface area (TPSA) is 102 Å². The molecule has 0 aliphatic carbocycles. The van der Waals surface area contributed by atoms with Crippen LogP contribution in [0.1, 0.15) is 13.8 Å². The summed E-state index contributed by atoms with van der Waals surface area (Å²) in [6.45, 7) is 2.84. The number of carbonyl (C=O) groups is 2. The first-order valence-electron chi connectivity index (χ1n) is 6.48. The van der Waals surface area contributed by atoms with Gasteiger partial charge in [-0.3, -0.25) is 9.59 Å². The summed E-state index contributed by atoms with van der Waals surface area (Å²) in [5, 5.41) is 2.46. The van der Waals surface area contributed by atoms with Crippen LogP contribution in [0.4, 0.5) is 4.39 Å². The summed E-state index contributed by atoms with van der Waals surface area (Å²) in [4.78, 5) is 22.7. The average Bonchev–Trinajstić information content (AvgIpc) is 2.46. The lowest BCUT2D eigenvalue weighted by Gasteiger charge is -2.13. The molecule has 0 radical (unpaired) electrons. The molecule has 0 bridgehead atoms. The van der Waals surface area contributed by atoms with E-state index >= 15 is 0 Å². The summed E-state index contributed by atoms with van der Waals surface area (Å²) in [6.07, 6.45) is -1.03. The molecule has 122 valence electrons. The smallest absolute Gasteiger partial charge is 0.321 e. The van der Waals surface area contributed by atoms with Gasteiger partial charge in [-0.05, 0) is 38.1 Å². The van der Waals surface area contributed by atoms with Crippen LogP contribution < -0.4 is 10.0 Å². The summed E-state index contributed by atoms with van der Waals surface area (Å²) in [5.74, 6) is -1.95. The quantitative estimate of drug-likeness (QED) is 0.693. The Morgan fingerprint density at radius 2 is 1.86 bits per heavy atom. The average molecular weight is 332 g/mol. The summed E-state index contributed by atoms with van der Waals surface area (Å²) in [5.41, 5.74) is 0. The molecule has 1 aromatic carbocycles. The number of sulfonamides is 1. The standard InChI is InChI=1S/C13H17FN2O5S/c1-3-15-13(18)9(2)21-12(17)8-16-22(19,20)11-6-4-10(14)5-7-11/h4-7,9,16H,3,8H2,1-2H3,(H,15,18)/t9-/m1/s1. The zero-order valence-electron chi connectivity index (χ0n) is 12.1. The maximum atomic E-state index is 12.7. The van der Waals surface area contributed by atoms with E-state index in [2.05, 4.69) is 5.32 Å². The van der Waals surface area contributed by atoms with E-state index in [0.717, 1.165) is 24.3 Å². The molecule has 9 heteroatoms. The van der Waals surface area contributed by atoms with Crippen LogP contribution >= 0.6 is 0 Å². The minimum absolute atomic E-state index is 0.182. The fourth-order valence-electron chi connectivity index (χ4n) is 1.46. The predicted octanol–water partition coefficient (Wildman–Crippen LogP) is 0.172. The third-order valence-corrected chi connectivity index (χ3v) is 3.98. The molecule has 1 atom stereocenters. The number of esters is 1. The van der Waals surface area contributed by atoms with Crippen molar-refractivity contribution in [3.63, 3.8) is 0 Å². The van der Waals surface area contributed by atoms with Crippen LogP contribution in [0.15, 0.2) is 29.2 Å². The van der Waals surface area contributed by atoms with E-state index < -0.39 is 40.4 Å². The van der Waals surface area contributed by atoms with Crippen LogP contribution in [0, 0.1) is 5.82 Å². The van der Waals surface area contributed by atoms with Crippen molar-refractivity contribution in [3.05, 3.63) is 30.1 Å². The summed E-state index contributed by atoms with van der Waals surface area (Å²) >= 11 is 0. The number of likely N-dealkylation sites (N-methyl/N-ethyl adjacent to an activating group) is 1. The maximum Gasteiger partial charge on any atom is 0.321 e. The van der Waals surface area contributed by atoms with E-state index in [1.165, 1.54) is 6.92 Å². The molecule has 1 aromatic rings. The fraction of sp³-hybridized carbons (Fsp3) is 0.385. The number of amides is 1. The molecular weight excluding hydrogens is 315 g/mol. The second-order valence-electron chi connectivity index (χ2n) is 4.31. The van der Waals surface area contributed by atoms with E-state index in [0.29, 0.717) is 6.54 Å². The number of nitrogens with one attached hydrogen (secondary N) is 2. The van der Waals surface area contributed by atoms with Crippen molar-refractivity contribution in [2.75, 3.05) is 13.1 Å². The molecule has 0 aliphatic rings. The highest BCUT2D eigenvalue weighted by Crippen LogP contribution is 2.09. The van der Waals surface area contributed by atoms with Gasteiger partial charge in [0.05, 0.1) is 4.90 Å². The number of halogens is 1. The predicted molar refractivity (Wildman–Crippen MR) is 75.8 cm³/mol. The van der Waals surface area contributed by atoms with E-state index in [-0.39, 0.29) is 4.90 Å². The lowest BCUT2D eigenvalue weighted by atomic mass is 10.4. The van der Waals surface area contributed by atoms with E-state index in [4.69, 9.17) is 4.74 Å². The zero-order valence-corrected chi connectivity index (χ0v) is 12.9. The molecule has 0 saturated carbocycles. The van der Waals surface area contributed by atoms with Gasteiger partial charge in [0, 0.05) is 6.54 Å². The van der Waals surface area contributed by atoms with Gasteiger partial charge >= 0.3 is 5.97 Å². The van der Waals surface area contributed by atoms with Gasteiger partial charge in [-0.1, -0.05) is 0 Å². The minimum Gasteiger partial charge on any atom is -0.452 e. The molecule has 0 unspecified atom stereocenters. The first-order chi connectivity index (χ1) is 10.3.